The molecule has 2 aliphatic rings. The highest BCUT2D eigenvalue weighted by Crippen LogP contribution is 2.32. The molecule has 27 heavy (non-hydrogen) atoms. The van der Waals surface area contributed by atoms with Gasteiger partial charge < -0.3 is 19.5 Å². The maximum absolute atomic E-state index is 12.8. The van der Waals surface area contributed by atoms with E-state index in [1.807, 2.05) is 18.2 Å². The molecule has 1 aromatic carbocycles. The van der Waals surface area contributed by atoms with Crippen LogP contribution in [0.15, 0.2) is 18.2 Å². The summed E-state index contributed by atoms with van der Waals surface area (Å²) in [5, 5.41) is 17.3. The minimum atomic E-state index is -0.803. The summed E-state index contributed by atoms with van der Waals surface area (Å²) in [6.07, 6.45) is 0.910. The summed E-state index contributed by atoms with van der Waals surface area (Å²) in [5.74, 6) is -0.0934. The van der Waals surface area contributed by atoms with E-state index in [1.54, 1.807) is 16.5 Å². The first kappa shape index (κ1) is 17.3. The third-order valence-electron chi connectivity index (χ3n) is 5.00. The maximum Gasteiger partial charge on any atom is 0.306 e. The minimum absolute atomic E-state index is 0.222. The van der Waals surface area contributed by atoms with Crippen molar-refractivity contribution in [3.8, 4) is 17.2 Å². The first-order valence-electron chi connectivity index (χ1n) is 8.89. The molecule has 3 heterocycles. The van der Waals surface area contributed by atoms with E-state index >= 15 is 0 Å². The Hall–Kier alpha value is -3.10. The zero-order valence-corrected chi connectivity index (χ0v) is 14.9. The number of carbonyl (C=O) groups excluding carboxylic acids is 1. The second-order valence-corrected chi connectivity index (χ2v) is 6.67. The van der Waals surface area contributed by atoms with Crippen LogP contribution in [0.3, 0.4) is 0 Å². The van der Waals surface area contributed by atoms with Gasteiger partial charge in [0.15, 0.2) is 17.2 Å². The van der Waals surface area contributed by atoms with Crippen molar-refractivity contribution >= 4 is 11.9 Å². The molecule has 9 nitrogen and oxygen atoms in total. The Labute approximate surface area is 155 Å². The van der Waals surface area contributed by atoms with E-state index in [4.69, 9.17) is 14.6 Å². The number of carboxylic acid groups (broad SMARTS) is 1. The van der Waals surface area contributed by atoms with Crippen molar-refractivity contribution in [1.29, 1.82) is 0 Å². The maximum atomic E-state index is 12.8. The van der Waals surface area contributed by atoms with Gasteiger partial charge in [0.25, 0.3) is 5.91 Å². The predicted molar refractivity (Wildman–Crippen MR) is 93.3 cm³/mol. The van der Waals surface area contributed by atoms with Gasteiger partial charge >= 0.3 is 5.97 Å². The Kier molecular flexibility index (Phi) is 4.43. The van der Waals surface area contributed by atoms with Crippen molar-refractivity contribution in [3.05, 3.63) is 29.6 Å². The zero-order valence-electron chi connectivity index (χ0n) is 14.9. The van der Waals surface area contributed by atoms with E-state index in [9.17, 15) is 9.59 Å². The molecule has 0 spiro atoms. The lowest BCUT2D eigenvalue weighted by molar-refractivity contribution is -0.143. The highest BCUT2D eigenvalue weighted by atomic mass is 16.6. The van der Waals surface area contributed by atoms with Gasteiger partial charge in [-0.2, -0.15) is 0 Å². The smallest absolute Gasteiger partial charge is 0.306 e. The molecule has 2 aromatic rings. The Balaban J connectivity index is 1.54. The van der Waals surface area contributed by atoms with Crippen molar-refractivity contribution in [1.82, 2.24) is 19.9 Å². The van der Waals surface area contributed by atoms with Gasteiger partial charge in [0.1, 0.15) is 13.2 Å². The van der Waals surface area contributed by atoms with Gasteiger partial charge in [-0.25, -0.2) is 4.68 Å². The van der Waals surface area contributed by atoms with Gasteiger partial charge in [0.2, 0.25) is 0 Å². The van der Waals surface area contributed by atoms with Gasteiger partial charge in [-0.1, -0.05) is 5.21 Å². The van der Waals surface area contributed by atoms with Crippen LogP contribution in [0.4, 0.5) is 0 Å². The number of rotatable bonds is 3. The molecule has 0 unspecified atom stereocenters. The van der Waals surface area contributed by atoms with Crippen molar-refractivity contribution in [2.75, 3.05) is 26.3 Å². The van der Waals surface area contributed by atoms with Crippen molar-refractivity contribution < 1.29 is 24.2 Å². The average Bonchev–Trinajstić information content (AvgIpc) is 3.08. The number of aromatic nitrogens is 3. The first-order chi connectivity index (χ1) is 13.0. The topological polar surface area (TPSA) is 107 Å². The Morgan fingerprint density at radius 3 is 2.56 bits per heavy atom. The fourth-order valence-corrected chi connectivity index (χ4v) is 3.42. The van der Waals surface area contributed by atoms with Gasteiger partial charge in [-0.05, 0) is 31.9 Å². The van der Waals surface area contributed by atoms with Gasteiger partial charge in [-0.3, -0.25) is 9.59 Å². The van der Waals surface area contributed by atoms with Crippen molar-refractivity contribution in [2.45, 2.75) is 19.8 Å². The number of hydrogen-bond acceptors (Lipinski definition) is 6. The van der Waals surface area contributed by atoms with E-state index in [0.29, 0.717) is 56.3 Å². The second kappa shape index (κ2) is 6.90. The number of fused-ring (bicyclic) bond motifs is 1. The lowest BCUT2D eigenvalue weighted by atomic mass is 9.97. The summed E-state index contributed by atoms with van der Waals surface area (Å²) in [6, 6.07) is 5.45. The van der Waals surface area contributed by atoms with Crippen LogP contribution in [0.5, 0.6) is 11.5 Å². The number of nitrogens with zero attached hydrogens (tertiary/aromatic N) is 4. The highest BCUT2D eigenvalue weighted by molar-refractivity contribution is 5.93. The fourth-order valence-electron chi connectivity index (χ4n) is 3.42. The zero-order chi connectivity index (χ0) is 19.0. The molecule has 0 bridgehead atoms. The fraction of sp³-hybridized carbons (Fsp3) is 0.444. The number of carbonyl (C=O) groups is 2. The van der Waals surface area contributed by atoms with Gasteiger partial charge in [0.05, 0.1) is 17.3 Å². The van der Waals surface area contributed by atoms with Crippen molar-refractivity contribution in [2.24, 2.45) is 5.92 Å². The van der Waals surface area contributed by atoms with E-state index in [0.717, 1.165) is 5.69 Å². The number of hydrogen-bond donors (Lipinski definition) is 1. The molecule has 1 aromatic heterocycles. The van der Waals surface area contributed by atoms with E-state index in [1.165, 1.54) is 0 Å². The van der Waals surface area contributed by atoms with Crippen LogP contribution in [0.2, 0.25) is 0 Å². The lowest BCUT2D eigenvalue weighted by Gasteiger charge is -2.29. The molecule has 4 rings (SSSR count). The number of ether oxygens (including phenoxy) is 2. The van der Waals surface area contributed by atoms with Crippen LogP contribution in [0, 0.1) is 12.8 Å². The standard InChI is InChI=1S/C18H20N4O5/c1-11-16(17(23)21-6-4-12(5-7-21)18(24)25)19-20-22(11)13-2-3-14-15(10-13)27-9-8-26-14/h2-3,10,12H,4-9H2,1H3,(H,24,25). The van der Waals surface area contributed by atoms with Crippen LogP contribution >= 0.6 is 0 Å². The summed E-state index contributed by atoms with van der Waals surface area (Å²) in [5.41, 5.74) is 1.63. The molecule has 1 N–H and O–H groups in total. The largest absolute Gasteiger partial charge is 0.486 e. The van der Waals surface area contributed by atoms with Gasteiger partial charge in [0, 0.05) is 19.2 Å². The second-order valence-electron chi connectivity index (χ2n) is 6.67. The number of piperidine rings is 1. The molecule has 1 saturated heterocycles. The third-order valence-corrected chi connectivity index (χ3v) is 5.00. The molecule has 142 valence electrons. The molecule has 0 atom stereocenters. The number of benzene rings is 1. The van der Waals surface area contributed by atoms with E-state index < -0.39 is 5.97 Å². The van der Waals surface area contributed by atoms with Crippen LogP contribution in [-0.2, 0) is 4.79 Å². The lowest BCUT2D eigenvalue weighted by Crippen LogP contribution is -2.40. The monoisotopic (exact) mass is 372 g/mol. The normalized spacial score (nSPS) is 17.0. The Morgan fingerprint density at radius 2 is 1.85 bits per heavy atom. The molecule has 1 fully saturated rings. The summed E-state index contributed by atoms with van der Waals surface area (Å²) >= 11 is 0. The van der Waals surface area contributed by atoms with Crippen LogP contribution in [0.1, 0.15) is 29.0 Å². The Bertz CT molecular complexity index is 886. The molecular formula is C18H20N4O5. The first-order valence-corrected chi connectivity index (χ1v) is 8.89. The molecule has 9 heteroatoms. The number of amides is 1. The molecule has 0 saturated carbocycles. The number of aliphatic carboxylic acids is 1. The third kappa shape index (κ3) is 3.20. The SMILES string of the molecule is Cc1c(C(=O)N2CCC(C(=O)O)CC2)nnn1-c1ccc2c(c1)OCCO2. The molecule has 0 aliphatic carbocycles. The van der Waals surface area contributed by atoms with Crippen molar-refractivity contribution in [3.63, 3.8) is 0 Å². The molecular weight excluding hydrogens is 352 g/mol. The predicted octanol–water partition coefficient (Wildman–Crippen LogP) is 1.28. The summed E-state index contributed by atoms with van der Waals surface area (Å²) in [4.78, 5) is 25.5. The number of likely N-dealkylation sites (tertiary alicyclic amines) is 1. The molecule has 2 aliphatic heterocycles. The van der Waals surface area contributed by atoms with Crippen LogP contribution in [0.25, 0.3) is 5.69 Å². The summed E-state index contributed by atoms with van der Waals surface area (Å²) in [6.45, 7) is 3.61. The summed E-state index contributed by atoms with van der Waals surface area (Å²) < 4.78 is 12.7. The summed E-state index contributed by atoms with van der Waals surface area (Å²) in [7, 11) is 0. The molecule has 1 amide bonds. The molecule has 0 radical (unpaired) electrons. The average molecular weight is 372 g/mol. The Morgan fingerprint density at radius 1 is 1.15 bits per heavy atom. The highest BCUT2D eigenvalue weighted by Gasteiger charge is 2.30. The quantitative estimate of drug-likeness (QED) is 0.865. The van der Waals surface area contributed by atoms with Gasteiger partial charge in [-0.15, -0.1) is 5.10 Å². The minimum Gasteiger partial charge on any atom is -0.486 e. The van der Waals surface area contributed by atoms with Crippen LogP contribution < -0.4 is 9.47 Å². The van der Waals surface area contributed by atoms with E-state index in [2.05, 4.69) is 10.3 Å². The van der Waals surface area contributed by atoms with E-state index in [-0.39, 0.29) is 17.5 Å². The van der Waals surface area contributed by atoms with Crippen LogP contribution in [-0.4, -0.2) is 63.2 Å². The number of carboxylic acids is 1.